The number of benzene rings is 1. The van der Waals surface area contributed by atoms with E-state index in [2.05, 4.69) is 20.3 Å². The van der Waals surface area contributed by atoms with Crippen molar-refractivity contribution < 1.29 is 14.2 Å². The van der Waals surface area contributed by atoms with Gasteiger partial charge in [-0.25, -0.2) is 0 Å². The Morgan fingerprint density at radius 1 is 1.33 bits per heavy atom. The number of hydrogen-bond acceptors (Lipinski definition) is 5. The first-order chi connectivity index (χ1) is 13.1. The van der Waals surface area contributed by atoms with Crippen LogP contribution in [0.25, 0.3) is 0 Å². The Labute approximate surface area is 159 Å². The summed E-state index contributed by atoms with van der Waals surface area (Å²) in [5, 5.41) is 7.66. The Morgan fingerprint density at radius 3 is 2.81 bits per heavy atom. The maximum absolute atomic E-state index is 5.91. The van der Waals surface area contributed by atoms with E-state index in [0.717, 1.165) is 41.7 Å². The molecule has 1 aliphatic rings. The molecule has 1 aromatic heterocycles. The third-order valence-corrected chi connectivity index (χ3v) is 4.57. The van der Waals surface area contributed by atoms with Gasteiger partial charge in [-0.2, -0.15) is 5.10 Å². The van der Waals surface area contributed by atoms with Crippen LogP contribution in [-0.2, 0) is 18.3 Å². The van der Waals surface area contributed by atoms with Crippen LogP contribution in [0.3, 0.4) is 0 Å². The van der Waals surface area contributed by atoms with Crippen LogP contribution in [0.5, 0.6) is 11.5 Å². The fourth-order valence-corrected chi connectivity index (χ4v) is 3.15. The lowest BCUT2D eigenvalue weighted by Crippen LogP contribution is -2.47. The van der Waals surface area contributed by atoms with E-state index in [1.165, 1.54) is 0 Å². The zero-order valence-electron chi connectivity index (χ0n) is 16.3. The number of hydrogen-bond donors (Lipinski definition) is 1. The van der Waals surface area contributed by atoms with Crippen molar-refractivity contribution in [2.45, 2.75) is 12.6 Å². The molecule has 0 bridgehead atoms. The predicted molar refractivity (Wildman–Crippen MR) is 103 cm³/mol. The lowest BCUT2D eigenvalue weighted by molar-refractivity contribution is -0.00805. The zero-order chi connectivity index (χ0) is 19.2. The average molecular weight is 373 g/mol. The summed E-state index contributed by atoms with van der Waals surface area (Å²) in [4.78, 5) is 6.65. The minimum atomic E-state index is -0.00733. The largest absolute Gasteiger partial charge is 0.493 e. The van der Waals surface area contributed by atoms with Gasteiger partial charge in [0.25, 0.3) is 0 Å². The predicted octanol–water partition coefficient (Wildman–Crippen LogP) is 1.59. The first-order valence-electron chi connectivity index (χ1n) is 8.91. The van der Waals surface area contributed by atoms with Gasteiger partial charge in [-0.3, -0.25) is 9.67 Å². The Kier molecular flexibility index (Phi) is 6.18. The molecule has 27 heavy (non-hydrogen) atoms. The molecule has 0 spiro atoms. The number of aliphatic imine (C=N–C) groups is 1. The minimum Gasteiger partial charge on any atom is -0.493 e. The van der Waals surface area contributed by atoms with Crippen LogP contribution in [-0.4, -0.2) is 61.6 Å². The lowest BCUT2D eigenvalue weighted by atomic mass is 10.1. The summed E-state index contributed by atoms with van der Waals surface area (Å²) < 4.78 is 18.4. The standard InChI is InChI=1S/C19H27N5O3/c1-20-19(21-10-14-5-6-16(25-3)17(9-14)26-4)24-7-8-27-18(13-24)15-11-22-23(2)12-15/h5-6,9,11-12,18H,7-8,10,13H2,1-4H3,(H,20,21). The van der Waals surface area contributed by atoms with Gasteiger partial charge in [0.2, 0.25) is 0 Å². The molecule has 1 fully saturated rings. The second kappa shape index (κ2) is 8.77. The maximum Gasteiger partial charge on any atom is 0.194 e. The molecule has 8 heteroatoms. The summed E-state index contributed by atoms with van der Waals surface area (Å²) >= 11 is 0. The second-order valence-electron chi connectivity index (χ2n) is 6.34. The van der Waals surface area contributed by atoms with Crippen LogP contribution in [0.2, 0.25) is 0 Å². The summed E-state index contributed by atoms with van der Waals surface area (Å²) in [5.74, 6) is 2.29. The molecule has 1 N–H and O–H groups in total. The molecule has 2 heterocycles. The van der Waals surface area contributed by atoms with E-state index < -0.39 is 0 Å². The van der Waals surface area contributed by atoms with Crippen LogP contribution >= 0.6 is 0 Å². The molecule has 146 valence electrons. The fourth-order valence-electron chi connectivity index (χ4n) is 3.15. The van der Waals surface area contributed by atoms with Gasteiger partial charge in [0.15, 0.2) is 17.5 Å². The number of nitrogens with zero attached hydrogens (tertiary/aromatic N) is 4. The highest BCUT2D eigenvalue weighted by molar-refractivity contribution is 5.80. The maximum atomic E-state index is 5.91. The van der Waals surface area contributed by atoms with Gasteiger partial charge in [-0.05, 0) is 17.7 Å². The average Bonchev–Trinajstić information content (AvgIpc) is 3.15. The number of aryl methyl sites for hydroxylation is 1. The number of aromatic nitrogens is 2. The normalized spacial score (nSPS) is 17.7. The third kappa shape index (κ3) is 4.51. The van der Waals surface area contributed by atoms with Crippen LogP contribution in [0.4, 0.5) is 0 Å². The number of rotatable bonds is 5. The molecule has 0 saturated carbocycles. The number of methoxy groups -OCH3 is 2. The summed E-state index contributed by atoms with van der Waals surface area (Å²) in [7, 11) is 6.98. The Hall–Kier alpha value is -2.74. The summed E-state index contributed by atoms with van der Waals surface area (Å²) in [6, 6.07) is 5.89. The van der Waals surface area contributed by atoms with E-state index in [4.69, 9.17) is 14.2 Å². The molecule has 2 aromatic rings. The minimum absolute atomic E-state index is 0.00733. The second-order valence-corrected chi connectivity index (χ2v) is 6.34. The summed E-state index contributed by atoms with van der Waals surface area (Å²) in [5.41, 5.74) is 2.17. The summed E-state index contributed by atoms with van der Waals surface area (Å²) in [6.07, 6.45) is 3.84. The number of guanidine groups is 1. The van der Waals surface area contributed by atoms with Gasteiger partial charge < -0.3 is 24.4 Å². The van der Waals surface area contributed by atoms with E-state index in [9.17, 15) is 0 Å². The quantitative estimate of drug-likeness (QED) is 0.634. The van der Waals surface area contributed by atoms with Crippen LogP contribution in [0.1, 0.15) is 17.2 Å². The number of ether oxygens (including phenoxy) is 3. The van der Waals surface area contributed by atoms with Gasteiger partial charge in [0.05, 0.1) is 33.6 Å². The Bertz CT molecular complexity index is 789. The van der Waals surface area contributed by atoms with Crippen molar-refractivity contribution in [1.29, 1.82) is 0 Å². The van der Waals surface area contributed by atoms with E-state index >= 15 is 0 Å². The smallest absolute Gasteiger partial charge is 0.194 e. The highest BCUT2D eigenvalue weighted by Gasteiger charge is 2.25. The lowest BCUT2D eigenvalue weighted by Gasteiger charge is -2.34. The highest BCUT2D eigenvalue weighted by atomic mass is 16.5. The van der Waals surface area contributed by atoms with Crippen molar-refractivity contribution in [3.05, 3.63) is 41.7 Å². The highest BCUT2D eigenvalue weighted by Crippen LogP contribution is 2.27. The van der Waals surface area contributed by atoms with E-state index in [1.807, 2.05) is 37.6 Å². The van der Waals surface area contributed by atoms with Crippen molar-refractivity contribution >= 4 is 5.96 Å². The Morgan fingerprint density at radius 2 is 2.15 bits per heavy atom. The Balaban J connectivity index is 1.63. The van der Waals surface area contributed by atoms with Crippen molar-refractivity contribution in [1.82, 2.24) is 20.0 Å². The van der Waals surface area contributed by atoms with Gasteiger partial charge in [-0.1, -0.05) is 6.07 Å². The molecule has 1 saturated heterocycles. The molecule has 8 nitrogen and oxygen atoms in total. The van der Waals surface area contributed by atoms with Crippen LogP contribution in [0.15, 0.2) is 35.6 Å². The molecule has 1 aliphatic heterocycles. The van der Waals surface area contributed by atoms with Crippen molar-refractivity contribution in [3.8, 4) is 11.5 Å². The van der Waals surface area contributed by atoms with Gasteiger partial charge in [0, 0.05) is 38.9 Å². The molecule has 0 aliphatic carbocycles. The SMILES string of the molecule is CN=C(NCc1ccc(OC)c(OC)c1)N1CCOC(c2cnn(C)c2)C1. The molecule has 1 aromatic carbocycles. The third-order valence-electron chi connectivity index (χ3n) is 4.57. The van der Waals surface area contributed by atoms with E-state index in [1.54, 1.807) is 25.9 Å². The number of nitrogens with one attached hydrogen (secondary N) is 1. The first kappa shape index (κ1) is 19.0. The van der Waals surface area contributed by atoms with E-state index in [-0.39, 0.29) is 6.10 Å². The van der Waals surface area contributed by atoms with Crippen LogP contribution < -0.4 is 14.8 Å². The van der Waals surface area contributed by atoms with Gasteiger partial charge in [-0.15, -0.1) is 0 Å². The summed E-state index contributed by atoms with van der Waals surface area (Å²) in [6.45, 7) is 2.82. The monoisotopic (exact) mass is 373 g/mol. The molecule has 3 rings (SSSR count). The van der Waals surface area contributed by atoms with Crippen LogP contribution in [0, 0.1) is 0 Å². The molecule has 0 radical (unpaired) electrons. The topological polar surface area (TPSA) is 73.1 Å². The molecule has 0 amide bonds. The van der Waals surface area contributed by atoms with Crippen molar-refractivity contribution in [2.75, 3.05) is 41.0 Å². The first-order valence-corrected chi connectivity index (χ1v) is 8.91. The number of morpholine rings is 1. The molecule has 1 unspecified atom stereocenters. The molecule has 1 atom stereocenters. The van der Waals surface area contributed by atoms with Crippen molar-refractivity contribution in [3.63, 3.8) is 0 Å². The van der Waals surface area contributed by atoms with Gasteiger partial charge in [0.1, 0.15) is 6.10 Å². The molecular weight excluding hydrogens is 346 g/mol. The zero-order valence-corrected chi connectivity index (χ0v) is 16.3. The van der Waals surface area contributed by atoms with E-state index in [0.29, 0.717) is 13.2 Å². The van der Waals surface area contributed by atoms with Crippen molar-refractivity contribution in [2.24, 2.45) is 12.0 Å². The fraction of sp³-hybridized carbons (Fsp3) is 0.474. The molecular formula is C19H27N5O3. The van der Waals surface area contributed by atoms with Gasteiger partial charge >= 0.3 is 0 Å².